The smallest absolute Gasteiger partial charge is 0.0686 e. The molecule has 0 spiro atoms. The van der Waals surface area contributed by atoms with Crippen LogP contribution in [0.1, 0.15) is 38.5 Å². The van der Waals surface area contributed by atoms with Gasteiger partial charge in [-0.2, -0.15) is 0 Å². The second kappa shape index (κ2) is 5.66. The standard InChI is InChI=1S/C13H23NO/c1-11(8-14-13-6-7-13)9-15-10-12-4-2-3-5-12/h12-14H,1-10H2. The van der Waals surface area contributed by atoms with Gasteiger partial charge in [0.1, 0.15) is 0 Å². The van der Waals surface area contributed by atoms with Crippen molar-refractivity contribution < 1.29 is 4.74 Å². The first kappa shape index (κ1) is 11.2. The molecule has 2 aliphatic rings. The minimum absolute atomic E-state index is 0.746. The summed E-state index contributed by atoms with van der Waals surface area (Å²) in [5.41, 5.74) is 1.19. The lowest BCUT2D eigenvalue weighted by molar-refractivity contribution is 0.119. The van der Waals surface area contributed by atoms with Crippen molar-refractivity contribution in [3.8, 4) is 0 Å². The summed E-state index contributed by atoms with van der Waals surface area (Å²) >= 11 is 0. The predicted octanol–water partition coefficient (Wildman–Crippen LogP) is 2.50. The van der Waals surface area contributed by atoms with E-state index in [0.29, 0.717) is 0 Å². The average molecular weight is 209 g/mol. The highest BCUT2D eigenvalue weighted by Gasteiger charge is 2.20. The molecule has 2 rings (SSSR count). The van der Waals surface area contributed by atoms with Gasteiger partial charge in [-0.05, 0) is 37.2 Å². The molecule has 0 atom stereocenters. The van der Waals surface area contributed by atoms with Gasteiger partial charge in [-0.1, -0.05) is 19.4 Å². The minimum atomic E-state index is 0.746. The highest BCUT2D eigenvalue weighted by molar-refractivity contribution is 4.99. The molecule has 0 bridgehead atoms. The van der Waals surface area contributed by atoms with Crippen LogP contribution in [0.5, 0.6) is 0 Å². The normalized spacial score (nSPS) is 22.1. The van der Waals surface area contributed by atoms with E-state index in [1.165, 1.54) is 44.1 Å². The molecule has 2 nitrogen and oxygen atoms in total. The van der Waals surface area contributed by atoms with Crippen molar-refractivity contribution in [2.75, 3.05) is 19.8 Å². The van der Waals surface area contributed by atoms with E-state index >= 15 is 0 Å². The van der Waals surface area contributed by atoms with Gasteiger partial charge >= 0.3 is 0 Å². The summed E-state index contributed by atoms with van der Waals surface area (Å²) in [5.74, 6) is 0.828. The molecule has 2 aliphatic carbocycles. The highest BCUT2D eigenvalue weighted by Crippen LogP contribution is 2.24. The molecule has 0 unspecified atom stereocenters. The van der Waals surface area contributed by atoms with Crippen LogP contribution in [0.25, 0.3) is 0 Å². The molecule has 0 aromatic carbocycles. The van der Waals surface area contributed by atoms with Crippen LogP contribution in [-0.2, 0) is 4.74 Å². The fourth-order valence-electron chi connectivity index (χ4n) is 2.17. The molecule has 2 fully saturated rings. The summed E-state index contributed by atoms with van der Waals surface area (Å²) < 4.78 is 5.69. The summed E-state index contributed by atoms with van der Waals surface area (Å²) in [6.45, 7) is 6.66. The first-order valence-electron chi connectivity index (χ1n) is 6.32. The fourth-order valence-corrected chi connectivity index (χ4v) is 2.17. The van der Waals surface area contributed by atoms with Gasteiger partial charge in [0.2, 0.25) is 0 Å². The van der Waals surface area contributed by atoms with Gasteiger partial charge in [-0.3, -0.25) is 0 Å². The zero-order valence-electron chi connectivity index (χ0n) is 9.63. The maximum absolute atomic E-state index is 5.69. The van der Waals surface area contributed by atoms with E-state index in [2.05, 4.69) is 11.9 Å². The van der Waals surface area contributed by atoms with Gasteiger partial charge in [-0.15, -0.1) is 0 Å². The molecule has 15 heavy (non-hydrogen) atoms. The molecule has 0 radical (unpaired) electrons. The highest BCUT2D eigenvalue weighted by atomic mass is 16.5. The van der Waals surface area contributed by atoms with Crippen molar-refractivity contribution in [3.05, 3.63) is 12.2 Å². The Morgan fingerprint density at radius 1 is 1.20 bits per heavy atom. The van der Waals surface area contributed by atoms with Crippen LogP contribution in [0, 0.1) is 5.92 Å². The van der Waals surface area contributed by atoms with Crippen LogP contribution >= 0.6 is 0 Å². The predicted molar refractivity (Wildman–Crippen MR) is 62.9 cm³/mol. The second-order valence-electron chi connectivity index (χ2n) is 5.07. The van der Waals surface area contributed by atoms with Crippen LogP contribution in [-0.4, -0.2) is 25.8 Å². The fraction of sp³-hybridized carbons (Fsp3) is 0.846. The third-order valence-corrected chi connectivity index (χ3v) is 3.35. The monoisotopic (exact) mass is 209 g/mol. The van der Waals surface area contributed by atoms with E-state index in [9.17, 15) is 0 Å². The Morgan fingerprint density at radius 3 is 2.60 bits per heavy atom. The van der Waals surface area contributed by atoms with Gasteiger partial charge in [0, 0.05) is 19.2 Å². The zero-order chi connectivity index (χ0) is 10.5. The Labute approximate surface area is 93.1 Å². The van der Waals surface area contributed by atoms with Gasteiger partial charge in [-0.25, -0.2) is 0 Å². The number of ether oxygens (including phenoxy) is 1. The quantitative estimate of drug-likeness (QED) is 0.650. The summed E-state index contributed by atoms with van der Waals surface area (Å²) in [7, 11) is 0. The topological polar surface area (TPSA) is 21.3 Å². The van der Waals surface area contributed by atoms with Gasteiger partial charge < -0.3 is 10.1 Å². The Bertz CT molecular complexity index is 205. The first-order chi connectivity index (χ1) is 7.34. The van der Waals surface area contributed by atoms with E-state index in [-0.39, 0.29) is 0 Å². The number of hydrogen-bond acceptors (Lipinski definition) is 2. The Balaban J connectivity index is 1.46. The van der Waals surface area contributed by atoms with E-state index in [4.69, 9.17) is 4.74 Å². The SMILES string of the molecule is C=C(CNC1CC1)COCC1CCCC1. The molecule has 86 valence electrons. The number of nitrogens with one attached hydrogen (secondary N) is 1. The van der Waals surface area contributed by atoms with Gasteiger partial charge in [0.25, 0.3) is 0 Å². The van der Waals surface area contributed by atoms with Gasteiger partial charge in [0.15, 0.2) is 0 Å². The van der Waals surface area contributed by atoms with Crippen molar-refractivity contribution in [1.29, 1.82) is 0 Å². The molecule has 0 aromatic heterocycles. The lowest BCUT2D eigenvalue weighted by Gasteiger charge is -2.11. The summed E-state index contributed by atoms with van der Waals surface area (Å²) in [4.78, 5) is 0. The van der Waals surface area contributed by atoms with E-state index < -0.39 is 0 Å². The van der Waals surface area contributed by atoms with Crippen molar-refractivity contribution in [2.45, 2.75) is 44.6 Å². The van der Waals surface area contributed by atoms with Gasteiger partial charge in [0.05, 0.1) is 6.61 Å². The molecule has 0 aromatic rings. The third-order valence-electron chi connectivity index (χ3n) is 3.35. The minimum Gasteiger partial charge on any atom is -0.377 e. The molecule has 1 N–H and O–H groups in total. The lowest BCUT2D eigenvalue weighted by Crippen LogP contribution is -2.21. The van der Waals surface area contributed by atoms with Crippen LogP contribution in [0.3, 0.4) is 0 Å². The Kier molecular flexibility index (Phi) is 4.21. The maximum Gasteiger partial charge on any atom is 0.0686 e. The number of rotatable bonds is 7. The van der Waals surface area contributed by atoms with Crippen molar-refractivity contribution in [3.63, 3.8) is 0 Å². The number of hydrogen-bond donors (Lipinski definition) is 1. The first-order valence-corrected chi connectivity index (χ1v) is 6.32. The zero-order valence-corrected chi connectivity index (χ0v) is 9.63. The largest absolute Gasteiger partial charge is 0.377 e. The average Bonchev–Trinajstić information content (AvgIpc) is 2.92. The van der Waals surface area contributed by atoms with Crippen LogP contribution < -0.4 is 5.32 Å². The molecule has 2 heteroatoms. The third kappa shape index (κ3) is 4.35. The molecule has 0 saturated heterocycles. The summed E-state index contributed by atoms with van der Waals surface area (Å²) in [6.07, 6.45) is 8.22. The Hall–Kier alpha value is -0.340. The van der Waals surface area contributed by atoms with E-state index in [1.54, 1.807) is 0 Å². The lowest BCUT2D eigenvalue weighted by atomic mass is 10.1. The molecular weight excluding hydrogens is 186 g/mol. The second-order valence-corrected chi connectivity index (χ2v) is 5.07. The van der Waals surface area contributed by atoms with E-state index in [1.807, 2.05) is 0 Å². The summed E-state index contributed by atoms with van der Waals surface area (Å²) in [6, 6.07) is 0.775. The van der Waals surface area contributed by atoms with Crippen molar-refractivity contribution in [2.24, 2.45) is 5.92 Å². The van der Waals surface area contributed by atoms with Crippen molar-refractivity contribution in [1.82, 2.24) is 5.32 Å². The molecule has 0 heterocycles. The van der Waals surface area contributed by atoms with Crippen LogP contribution in [0.4, 0.5) is 0 Å². The summed E-state index contributed by atoms with van der Waals surface area (Å²) in [5, 5.41) is 3.46. The molecular formula is C13H23NO. The molecule has 0 amide bonds. The molecule has 2 saturated carbocycles. The van der Waals surface area contributed by atoms with Crippen molar-refractivity contribution >= 4 is 0 Å². The molecule has 0 aliphatic heterocycles. The van der Waals surface area contributed by atoms with Crippen LogP contribution in [0.2, 0.25) is 0 Å². The van der Waals surface area contributed by atoms with E-state index in [0.717, 1.165) is 31.7 Å². The van der Waals surface area contributed by atoms with Crippen LogP contribution in [0.15, 0.2) is 12.2 Å². The maximum atomic E-state index is 5.69. The Morgan fingerprint density at radius 2 is 1.93 bits per heavy atom.